The second-order valence-corrected chi connectivity index (χ2v) is 7.36. The number of carbonyl (C=O) groups is 2. The number of amides is 2. The highest BCUT2D eigenvalue weighted by Gasteiger charge is 2.40. The molecule has 3 rings (SSSR count). The zero-order chi connectivity index (χ0) is 20.4. The van der Waals surface area contributed by atoms with E-state index in [0.717, 1.165) is 29.2 Å². The predicted molar refractivity (Wildman–Crippen MR) is 112 cm³/mol. The maximum atomic E-state index is 12.5. The van der Waals surface area contributed by atoms with E-state index in [-0.39, 0.29) is 29.8 Å². The number of rotatable bonds is 4. The van der Waals surface area contributed by atoms with Gasteiger partial charge in [0, 0.05) is 42.9 Å². The summed E-state index contributed by atoms with van der Waals surface area (Å²) in [6.45, 7) is 7.80. The molecule has 1 aliphatic heterocycles. The lowest BCUT2D eigenvalue weighted by atomic mass is 9.80. The van der Waals surface area contributed by atoms with Crippen LogP contribution in [0, 0.1) is 12.8 Å². The third-order valence-corrected chi connectivity index (χ3v) is 5.52. The number of carbonyl (C=O) groups excluding carboxylic acids is 2. The zero-order valence-corrected chi connectivity index (χ0v) is 17.1. The van der Waals surface area contributed by atoms with Gasteiger partial charge in [0.25, 0.3) is 5.91 Å². The first-order valence-corrected chi connectivity index (χ1v) is 9.73. The lowest BCUT2D eigenvalue weighted by Crippen LogP contribution is -2.49. The van der Waals surface area contributed by atoms with E-state index < -0.39 is 0 Å². The molecule has 0 saturated heterocycles. The molecule has 0 saturated carbocycles. The fraction of sp³-hybridized carbons (Fsp3) is 0.409. The summed E-state index contributed by atoms with van der Waals surface area (Å²) in [5.41, 5.74) is 3.31. The van der Waals surface area contributed by atoms with Crippen molar-refractivity contribution in [3.63, 3.8) is 0 Å². The van der Waals surface area contributed by atoms with E-state index in [1.165, 1.54) is 0 Å². The van der Waals surface area contributed by atoms with E-state index in [4.69, 9.17) is 0 Å². The van der Waals surface area contributed by atoms with Gasteiger partial charge in [-0.25, -0.2) is 4.98 Å². The Kier molecular flexibility index (Phi) is 5.68. The molecule has 1 aliphatic rings. The van der Waals surface area contributed by atoms with Crippen LogP contribution in [0.15, 0.2) is 36.4 Å². The van der Waals surface area contributed by atoms with Crippen LogP contribution in [-0.4, -0.2) is 29.9 Å². The third kappa shape index (κ3) is 3.59. The first kappa shape index (κ1) is 19.9. The fourth-order valence-electron chi connectivity index (χ4n) is 4.18. The van der Waals surface area contributed by atoms with E-state index >= 15 is 0 Å². The topological polar surface area (TPSA) is 74.3 Å². The summed E-state index contributed by atoms with van der Waals surface area (Å²) >= 11 is 0. The third-order valence-electron chi connectivity index (χ3n) is 5.52. The monoisotopic (exact) mass is 380 g/mol. The highest BCUT2D eigenvalue weighted by molar-refractivity contribution is 5.97. The quantitative estimate of drug-likeness (QED) is 0.848. The molecule has 3 atom stereocenters. The van der Waals surface area contributed by atoms with Crippen LogP contribution in [0.25, 0.3) is 0 Å². The average molecular weight is 380 g/mol. The molecule has 0 spiro atoms. The molecular formula is C22H28N4O2. The van der Waals surface area contributed by atoms with Gasteiger partial charge in [0.05, 0.1) is 6.04 Å². The molecule has 6 nitrogen and oxygen atoms in total. The Hall–Kier alpha value is -2.89. The number of nitrogens with zero attached hydrogens (tertiary/aromatic N) is 2. The van der Waals surface area contributed by atoms with Crippen molar-refractivity contribution >= 4 is 23.3 Å². The first-order chi connectivity index (χ1) is 13.4. The minimum atomic E-state index is -0.144. The van der Waals surface area contributed by atoms with Crippen LogP contribution in [-0.2, 0) is 4.79 Å². The largest absolute Gasteiger partial charge is 0.363 e. The molecule has 0 fully saturated rings. The molecular weight excluding hydrogens is 352 g/mol. The molecule has 1 unspecified atom stereocenters. The van der Waals surface area contributed by atoms with Crippen molar-refractivity contribution in [2.45, 2.75) is 46.2 Å². The molecule has 0 bridgehead atoms. The number of hydrogen-bond donors (Lipinski definition) is 2. The molecule has 1 aromatic heterocycles. The van der Waals surface area contributed by atoms with Gasteiger partial charge in [-0.2, -0.15) is 0 Å². The van der Waals surface area contributed by atoms with Crippen LogP contribution in [0.2, 0.25) is 0 Å². The summed E-state index contributed by atoms with van der Waals surface area (Å²) < 4.78 is 0. The average Bonchev–Trinajstić information content (AvgIpc) is 2.68. The summed E-state index contributed by atoms with van der Waals surface area (Å²) in [6, 6.07) is 11.4. The van der Waals surface area contributed by atoms with Crippen LogP contribution < -0.4 is 15.5 Å². The number of pyridine rings is 1. The minimum absolute atomic E-state index is 0.0137. The summed E-state index contributed by atoms with van der Waals surface area (Å²) in [5, 5.41) is 6.23. The smallest absolute Gasteiger partial charge is 0.251 e. The standard InChI is InChI=1S/C22H28N4O2/c1-6-18-14(3)21(25-20-9-7-8-13(2)24-20)17-12-16(22(28)23-5)10-11-19(17)26(18)15(4)27/h7-12,14,18,21H,6H2,1-5H3,(H,23,28)(H,24,25)/t14-,18-,21?/m0/s1. The molecule has 1 aromatic carbocycles. The number of aryl methyl sites for hydroxylation is 1. The zero-order valence-electron chi connectivity index (χ0n) is 17.1. The molecule has 2 N–H and O–H groups in total. The molecule has 0 radical (unpaired) electrons. The molecule has 28 heavy (non-hydrogen) atoms. The van der Waals surface area contributed by atoms with Crippen molar-refractivity contribution < 1.29 is 9.59 Å². The summed E-state index contributed by atoms with van der Waals surface area (Å²) in [6.07, 6.45) is 0.844. The number of benzene rings is 1. The SMILES string of the molecule is CC[C@H]1[C@H](C)C(Nc2cccc(C)n2)c2cc(C(=O)NC)ccc2N1C(C)=O. The highest BCUT2D eigenvalue weighted by atomic mass is 16.2. The predicted octanol–water partition coefficient (Wildman–Crippen LogP) is 3.68. The van der Waals surface area contributed by atoms with Crippen LogP contribution in [0.4, 0.5) is 11.5 Å². The Bertz CT molecular complexity index is 896. The van der Waals surface area contributed by atoms with E-state index in [9.17, 15) is 9.59 Å². The number of nitrogens with one attached hydrogen (secondary N) is 2. The Morgan fingerprint density at radius 3 is 2.57 bits per heavy atom. The van der Waals surface area contributed by atoms with Crippen LogP contribution in [0.5, 0.6) is 0 Å². The van der Waals surface area contributed by atoms with Crippen molar-refractivity contribution in [1.82, 2.24) is 10.3 Å². The lowest BCUT2D eigenvalue weighted by molar-refractivity contribution is -0.117. The lowest BCUT2D eigenvalue weighted by Gasteiger charge is -2.45. The first-order valence-electron chi connectivity index (χ1n) is 9.73. The Labute approximate surface area is 166 Å². The maximum absolute atomic E-state index is 12.5. The van der Waals surface area contributed by atoms with Gasteiger partial charge < -0.3 is 15.5 Å². The fourth-order valence-corrected chi connectivity index (χ4v) is 4.18. The number of fused-ring (bicyclic) bond motifs is 1. The second-order valence-electron chi connectivity index (χ2n) is 7.36. The molecule has 148 valence electrons. The van der Waals surface area contributed by atoms with Gasteiger partial charge >= 0.3 is 0 Å². The summed E-state index contributed by atoms with van der Waals surface area (Å²) in [5.74, 6) is 0.803. The number of anilines is 2. The van der Waals surface area contributed by atoms with E-state index in [2.05, 4.69) is 29.5 Å². The molecule has 2 heterocycles. The van der Waals surface area contributed by atoms with E-state index in [1.54, 1.807) is 20.0 Å². The highest BCUT2D eigenvalue weighted by Crippen LogP contribution is 2.43. The van der Waals surface area contributed by atoms with Gasteiger partial charge in [0.1, 0.15) is 5.82 Å². The van der Waals surface area contributed by atoms with Gasteiger partial charge in [0.15, 0.2) is 0 Å². The Morgan fingerprint density at radius 1 is 1.21 bits per heavy atom. The van der Waals surface area contributed by atoms with Gasteiger partial charge in [-0.1, -0.05) is 19.9 Å². The van der Waals surface area contributed by atoms with Crippen molar-refractivity contribution in [3.05, 3.63) is 53.2 Å². The number of aromatic nitrogens is 1. The molecule has 2 aromatic rings. The van der Waals surface area contributed by atoms with Gasteiger partial charge in [0.2, 0.25) is 5.91 Å². The van der Waals surface area contributed by atoms with Gasteiger partial charge in [-0.15, -0.1) is 0 Å². The van der Waals surface area contributed by atoms with Gasteiger partial charge in [-0.3, -0.25) is 9.59 Å². The summed E-state index contributed by atoms with van der Waals surface area (Å²) in [4.78, 5) is 31.1. The molecule has 6 heteroatoms. The Morgan fingerprint density at radius 2 is 1.96 bits per heavy atom. The normalized spacial score (nSPS) is 21.0. The van der Waals surface area contributed by atoms with Crippen molar-refractivity contribution in [3.8, 4) is 0 Å². The van der Waals surface area contributed by atoms with Crippen molar-refractivity contribution in [1.29, 1.82) is 0 Å². The van der Waals surface area contributed by atoms with E-state index in [0.29, 0.717) is 5.56 Å². The molecule has 2 amide bonds. The second kappa shape index (κ2) is 8.00. The Balaban J connectivity index is 2.13. The minimum Gasteiger partial charge on any atom is -0.363 e. The van der Waals surface area contributed by atoms with E-state index in [1.807, 2.05) is 42.2 Å². The van der Waals surface area contributed by atoms with Crippen molar-refractivity contribution in [2.24, 2.45) is 5.92 Å². The molecule has 0 aliphatic carbocycles. The maximum Gasteiger partial charge on any atom is 0.251 e. The van der Waals surface area contributed by atoms with Crippen molar-refractivity contribution in [2.75, 3.05) is 17.3 Å². The van der Waals surface area contributed by atoms with Crippen LogP contribution >= 0.6 is 0 Å². The number of hydrogen-bond acceptors (Lipinski definition) is 4. The van der Waals surface area contributed by atoms with Gasteiger partial charge in [-0.05, 0) is 49.2 Å². The summed E-state index contributed by atoms with van der Waals surface area (Å²) in [7, 11) is 1.62. The van der Waals surface area contributed by atoms with Crippen LogP contribution in [0.1, 0.15) is 54.8 Å². The van der Waals surface area contributed by atoms with Crippen LogP contribution in [0.3, 0.4) is 0 Å².